The smallest absolute Gasteiger partial charge is 0.315 e. The van der Waals surface area contributed by atoms with E-state index in [2.05, 4.69) is 16.7 Å². The Bertz CT molecular complexity index is 511. The molecule has 0 atom stereocenters. The average Bonchev–Trinajstić information content (AvgIpc) is 2.96. The normalized spacial score (nSPS) is 16.3. The van der Waals surface area contributed by atoms with E-state index in [1.807, 2.05) is 19.1 Å². The van der Waals surface area contributed by atoms with Crippen LogP contribution >= 0.6 is 0 Å². The lowest BCUT2D eigenvalue weighted by atomic mass is 9.99. The molecular weight excluding hydrogens is 280 g/mol. The van der Waals surface area contributed by atoms with Gasteiger partial charge in [0.05, 0.1) is 19.3 Å². The van der Waals surface area contributed by atoms with Crippen molar-refractivity contribution >= 4 is 6.03 Å². The highest BCUT2D eigenvalue weighted by Crippen LogP contribution is 2.28. The Labute approximate surface area is 132 Å². The van der Waals surface area contributed by atoms with Gasteiger partial charge < -0.3 is 20.5 Å². The summed E-state index contributed by atoms with van der Waals surface area (Å²) in [7, 11) is 1.65. The first-order valence-corrected chi connectivity index (χ1v) is 7.89. The van der Waals surface area contributed by atoms with Crippen molar-refractivity contribution in [2.75, 3.05) is 20.3 Å². The van der Waals surface area contributed by atoms with Crippen LogP contribution in [0.3, 0.4) is 0 Å². The zero-order chi connectivity index (χ0) is 16.0. The van der Waals surface area contributed by atoms with Crippen LogP contribution in [0.15, 0.2) is 18.2 Å². The summed E-state index contributed by atoms with van der Waals surface area (Å²) in [5.74, 6) is 0.843. The van der Waals surface area contributed by atoms with E-state index in [9.17, 15) is 9.90 Å². The summed E-state index contributed by atoms with van der Waals surface area (Å²) in [6.07, 6.45) is 4.53. The first kappa shape index (κ1) is 16.6. The summed E-state index contributed by atoms with van der Waals surface area (Å²) in [5, 5.41) is 15.3. The summed E-state index contributed by atoms with van der Waals surface area (Å²) < 4.78 is 5.34. The number of amides is 2. The van der Waals surface area contributed by atoms with Crippen molar-refractivity contribution in [3.05, 3.63) is 29.3 Å². The van der Waals surface area contributed by atoms with E-state index >= 15 is 0 Å². The molecule has 0 radical (unpaired) electrons. The average molecular weight is 306 g/mol. The minimum atomic E-state index is -0.425. The molecule has 0 aromatic heterocycles. The lowest BCUT2D eigenvalue weighted by Gasteiger charge is -2.28. The van der Waals surface area contributed by atoms with Crippen LogP contribution in [0.1, 0.15) is 36.8 Å². The molecule has 1 saturated carbocycles. The minimum absolute atomic E-state index is 0.00607. The van der Waals surface area contributed by atoms with Gasteiger partial charge in [0.25, 0.3) is 0 Å². The van der Waals surface area contributed by atoms with Crippen LogP contribution in [0.5, 0.6) is 5.75 Å². The SMILES string of the molecule is COc1ccc(C)cc1CCNC(=O)NC1(CO)CCCC1. The molecule has 1 fully saturated rings. The second-order valence-electron chi connectivity index (χ2n) is 6.09. The van der Waals surface area contributed by atoms with Gasteiger partial charge in [0.15, 0.2) is 0 Å². The largest absolute Gasteiger partial charge is 0.496 e. The van der Waals surface area contributed by atoms with Crippen molar-refractivity contribution in [1.82, 2.24) is 10.6 Å². The second kappa shape index (κ2) is 7.49. The van der Waals surface area contributed by atoms with Gasteiger partial charge in [-0.25, -0.2) is 4.79 Å². The lowest BCUT2D eigenvalue weighted by molar-refractivity contribution is 0.163. The fourth-order valence-corrected chi connectivity index (χ4v) is 3.07. The monoisotopic (exact) mass is 306 g/mol. The Kier molecular flexibility index (Phi) is 5.66. The Hall–Kier alpha value is -1.75. The van der Waals surface area contributed by atoms with E-state index in [-0.39, 0.29) is 12.6 Å². The Morgan fingerprint density at radius 1 is 1.36 bits per heavy atom. The fraction of sp³-hybridized carbons (Fsp3) is 0.588. The van der Waals surface area contributed by atoms with E-state index in [0.29, 0.717) is 13.0 Å². The second-order valence-corrected chi connectivity index (χ2v) is 6.09. The molecule has 2 rings (SSSR count). The highest BCUT2D eigenvalue weighted by Gasteiger charge is 2.34. The molecule has 0 unspecified atom stereocenters. The van der Waals surface area contributed by atoms with Gasteiger partial charge in [0, 0.05) is 6.54 Å². The molecule has 1 aromatic rings. The van der Waals surface area contributed by atoms with Crippen molar-refractivity contribution in [1.29, 1.82) is 0 Å². The predicted molar refractivity (Wildman–Crippen MR) is 86.3 cm³/mol. The van der Waals surface area contributed by atoms with Crippen molar-refractivity contribution < 1.29 is 14.6 Å². The zero-order valence-electron chi connectivity index (χ0n) is 13.4. The molecule has 122 valence electrons. The summed E-state index contributed by atoms with van der Waals surface area (Å²) >= 11 is 0. The third-order valence-electron chi connectivity index (χ3n) is 4.36. The number of nitrogens with one attached hydrogen (secondary N) is 2. The van der Waals surface area contributed by atoms with Crippen LogP contribution in [0.2, 0.25) is 0 Å². The first-order valence-electron chi connectivity index (χ1n) is 7.89. The standard InChI is InChI=1S/C17H26N2O3/c1-13-5-6-15(22-2)14(11-13)7-10-18-16(21)19-17(12-20)8-3-4-9-17/h5-6,11,20H,3-4,7-10,12H2,1-2H3,(H2,18,19,21). The van der Waals surface area contributed by atoms with E-state index in [4.69, 9.17) is 4.74 Å². The van der Waals surface area contributed by atoms with Gasteiger partial charge in [-0.15, -0.1) is 0 Å². The summed E-state index contributed by atoms with van der Waals surface area (Å²) in [6, 6.07) is 5.82. The number of hydrogen-bond donors (Lipinski definition) is 3. The van der Waals surface area contributed by atoms with E-state index in [1.165, 1.54) is 5.56 Å². The van der Waals surface area contributed by atoms with E-state index in [0.717, 1.165) is 37.0 Å². The zero-order valence-corrected chi connectivity index (χ0v) is 13.4. The first-order chi connectivity index (χ1) is 10.6. The Morgan fingerprint density at radius 3 is 2.73 bits per heavy atom. The van der Waals surface area contributed by atoms with Gasteiger partial charge in [-0.2, -0.15) is 0 Å². The highest BCUT2D eigenvalue weighted by molar-refractivity contribution is 5.74. The number of urea groups is 1. The molecule has 0 spiro atoms. The van der Waals surface area contributed by atoms with Crippen LogP contribution in [0.25, 0.3) is 0 Å². The molecule has 5 heteroatoms. The molecule has 22 heavy (non-hydrogen) atoms. The fourth-order valence-electron chi connectivity index (χ4n) is 3.07. The molecule has 0 aliphatic heterocycles. The third kappa shape index (κ3) is 4.13. The molecule has 1 aliphatic rings. The summed E-state index contributed by atoms with van der Waals surface area (Å²) in [5.41, 5.74) is 1.83. The number of rotatable bonds is 6. The molecule has 1 aromatic carbocycles. The minimum Gasteiger partial charge on any atom is -0.496 e. The van der Waals surface area contributed by atoms with Crippen molar-refractivity contribution in [3.63, 3.8) is 0 Å². The Balaban J connectivity index is 1.83. The van der Waals surface area contributed by atoms with E-state index < -0.39 is 5.54 Å². The van der Waals surface area contributed by atoms with Gasteiger partial charge in [0.1, 0.15) is 5.75 Å². The van der Waals surface area contributed by atoms with Crippen LogP contribution < -0.4 is 15.4 Å². The number of ether oxygens (including phenoxy) is 1. The molecule has 0 saturated heterocycles. The number of benzene rings is 1. The summed E-state index contributed by atoms with van der Waals surface area (Å²) in [6.45, 7) is 2.58. The summed E-state index contributed by atoms with van der Waals surface area (Å²) in [4.78, 5) is 12.0. The highest BCUT2D eigenvalue weighted by atomic mass is 16.5. The van der Waals surface area contributed by atoms with Crippen molar-refractivity contribution in [3.8, 4) is 5.75 Å². The van der Waals surface area contributed by atoms with Crippen LogP contribution in [-0.2, 0) is 6.42 Å². The van der Waals surface area contributed by atoms with Crippen LogP contribution in [0.4, 0.5) is 4.79 Å². The number of aliphatic hydroxyl groups excluding tert-OH is 1. The molecule has 2 amide bonds. The topological polar surface area (TPSA) is 70.6 Å². The Morgan fingerprint density at radius 2 is 2.09 bits per heavy atom. The maximum atomic E-state index is 12.0. The van der Waals surface area contributed by atoms with E-state index in [1.54, 1.807) is 7.11 Å². The number of methoxy groups -OCH3 is 1. The van der Waals surface area contributed by atoms with Crippen LogP contribution in [0, 0.1) is 6.92 Å². The predicted octanol–water partition coefficient (Wildman–Crippen LogP) is 2.15. The van der Waals surface area contributed by atoms with Crippen molar-refractivity contribution in [2.24, 2.45) is 0 Å². The van der Waals surface area contributed by atoms with Gasteiger partial charge >= 0.3 is 6.03 Å². The number of aliphatic hydroxyl groups is 1. The number of carbonyl (C=O) groups excluding carboxylic acids is 1. The maximum Gasteiger partial charge on any atom is 0.315 e. The lowest BCUT2D eigenvalue weighted by Crippen LogP contribution is -2.53. The molecule has 1 aliphatic carbocycles. The van der Waals surface area contributed by atoms with Gasteiger partial charge in [-0.1, -0.05) is 30.5 Å². The molecule has 0 heterocycles. The molecule has 5 nitrogen and oxygen atoms in total. The molecule has 0 bridgehead atoms. The van der Waals surface area contributed by atoms with Gasteiger partial charge in [-0.3, -0.25) is 0 Å². The molecular formula is C17H26N2O3. The number of hydrogen-bond acceptors (Lipinski definition) is 3. The maximum absolute atomic E-state index is 12.0. The number of aryl methyl sites for hydroxylation is 1. The quantitative estimate of drug-likeness (QED) is 0.754. The van der Waals surface area contributed by atoms with Crippen LogP contribution in [-0.4, -0.2) is 36.9 Å². The van der Waals surface area contributed by atoms with Gasteiger partial charge in [-0.05, 0) is 37.8 Å². The van der Waals surface area contributed by atoms with Crippen molar-refractivity contribution in [2.45, 2.75) is 44.6 Å². The molecule has 3 N–H and O–H groups in total. The third-order valence-corrected chi connectivity index (χ3v) is 4.36. The van der Waals surface area contributed by atoms with Gasteiger partial charge in [0.2, 0.25) is 0 Å². The number of carbonyl (C=O) groups is 1.